The molecule has 0 spiro atoms. The highest BCUT2D eigenvalue weighted by Crippen LogP contribution is 2.65. The second kappa shape index (κ2) is 4.44. The minimum Gasteiger partial charge on any atom is -0.389 e. The van der Waals surface area contributed by atoms with Crippen LogP contribution in [0.2, 0.25) is 0 Å². The first-order chi connectivity index (χ1) is 10.4. The highest BCUT2D eigenvalue weighted by molar-refractivity contribution is 6.01. The van der Waals surface area contributed by atoms with Crippen LogP contribution in [0.15, 0.2) is 36.0 Å². The molecule has 0 aromatic carbocycles. The van der Waals surface area contributed by atoms with Gasteiger partial charge < -0.3 is 5.11 Å². The molecule has 118 valence electrons. The molecule has 3 fully saturated rings. The van der Waals surface area contributed by atoms with Crippen LogP contribution in [0.3, 0.4) is 0 Å². The van der Waals surface area contributed by atoms with E-state index in [0.717, 1.165) is 18.4 Å². The van der Waals surface area contributed by atoms with Crippen molar-refractivity contribution in [1.82, 2.24) is 0 Å². The number of ketones is 1. The number of aliphatic hydroxyl groups excluding tert-OH is 1. The Labute approximate surface area is 133 Å². The van der Waals surface area contributed by atoms with Crippen molar-refractivity contribution >= 4 is 5.78 Å². The molecule has 6 atom stereocenters. The van der Waals surface area contributed by atoms with Crippen molar-refractivity contribution in [2.45, 2.75) is 52.1 Å². The van der Waals surface area contributed by atoms with Crippen molar-refractivity contribution in [3.63, 3.8) is 0 Å². The fraction of sp³-hybridized carbons (Fsp3) is 0.650. The lowest BCUT2D eigenvalue weighted by Crippen LogP contribution is -2.52. The number of fused-ring (bicyclic) bond motifs is 5. The minimum atomic E-state index is -0.462. The van der Waals surface area contributed by atoms with Gasteiger partial charge in [-0.2, -0.15) is 0 Å². The van der Waals surface area contributed by atoms with E-state index in [4.69, 9.17) is 0 Å². The summed E-state index contributed by atoms with van der Waals surface area (Å²) in [6, 6.07) is 0. The zero-order valence-corrected chi connectivity index (χ0v) is 13.6. The molecule has 0 aromatic rings. The number of allylic oxidation sites excluding steroid dienone is 4. The van der Waals surface area contributed by atoms with Crippen LogP contribution < -0.4 is 0 Å². The van der Waals surface area contributed by atoms with E-state index in [-0.39, 0.29) is 16.6 Å². The molecule has 4 rings (SSSR count). The molecule has 1 unspecified atom stereocenters. The van der Waals surface area contributed by atoms with Crippen LogP contribution in [0.5, 0.6) is 0 Å². The maximum atomic E-state index is 11.8. The molecule has 0 amide bonds. The third-order valence-electron chi connectivity index (χ3n) is 7.53. The molecule has 0 aromatic heterocycles. The summed E-state index contributed by atoms with van der Waals surface area (Å²) < 4.78 is 0. The summed E-state index contributed by atoms with van der Waals surface area (Å²) in [4.78, 5) is 11.8. The Morgan fingerprint density at radius 2 is 2.05 bits per heavy atom. The lowest BCUT2D eigenvalue weighted by Gasteiger charge is -2.57. The molecule has 0 heterocycles. The summed E-state index contributed by atoms with van der Waals surface area (Å²) in [6.07, 6.45) is 10.6. The van der Waals surface area contributed by atoms with E-state index < -0.39 is 6.10 Å². The van der Waals surface area contributed by atoms with Gasteiger partial charge in [0.1, 0.15) is 0 Å². The second-order valence-corrected chi connectivity index (χ2v) is 8.34. The van der Waals surface area contributed by atoms with E-state index in [1.54, 1.807) is 12.2 Å². The van der Waals surface area contributed by atoms with Gasteiger partial charge in [-0.1, -0.05) is 32.1 Å². The number of hydrogen-bond acceptors (Lipinski definition) is 2. The molecule has 0 bridgehead atoms. The van der Waals surface area contributed by atoms with Crippen LogP contribution in [0.25, 0.3) is 0 Å². The summed E-state index contributed by atoms with van der Waals surface area (Å²) in [5.74, 6) is 1.78. The molecular formula is C20H26O2. The fourth-order valence-electron chi connectivity index (χ4n) is 6.15. The molecule has 0 aliphatic heterocycles. The van der Waals surface area contributed by atoms with Gasteiger partial charge in [0.2, 0.25) is 0 Å². The Bertz CT molecular complexity index is 613. The van der Waals surface area contributed by atoms with Gasteiger partial charge >= 0.3 is 0 Å². The Morgan fingerprint density at radius 3 is 2.82 bits per heavy atom. The van der Waals surface area contributed by atoms with Gasteiger partial charge in [0.25, 0.3) is 0 Å². The first kappa shape index (κ1) is 14.4. The van der Waals surface area contributed by atoms with Crippen molar-refractivity contribution in [3.05, 3.63) is 36.0 Å². The van der Waals surface area contributed by atoms with E-state index in [1.165, 1.54) is 24.8 Å². The highest BCUT2D eigenvalue weighted by atomic mass is 16.3. The van der Waals surface area contributed by atoms with Gasteiger partial charge in [-0.05, 0) is 73.0 Å². The van der Waals surface area contributed by atoms with Gasteiger partial charge in [-0.15, -0.1) is 0 Å². The van der Waals surface area contributed by atoms with E-state index in [1.807, 2.05) is 0 Å². The lowest BCUT2D eigenvalue weighted by molar-refractivity contribution is -0.111. The molecule has 0 radical (unpaired) electrons. The van der Waals surface area contributed by atoms with Crippen molar-refractivity contribution in [1.29, 1.82) is 0 Å². The molecular weight excluding hydrogens is 272 g/mol. The zero-order valence-electron chi connectivity index (χ0n) is 13.6. The van der Waals surface area contributed by atoms with Crippen molar-refractivity contribution < 1.29 is 9.90 Å². The van der Waals surface area contributed by atoms with Crippen LogP contribution in [0.4, 0.5) is 0 Å². The molecule has 1 N–H and O–H groups in total. The Kier molecular flexibility index (Phi) is 2.92. The average molecular weight is 298 g/mol. The lowest BCUT2D eigenvalue weighted by atomic mass is 9.48. The first-order valence-electron chi connectivity index (χ1n) is 8.68. The predicted molar refractivity (Wildman–Crippen MR) is 87.1 cm³/mol. The summed E-state index contributed by atoms with van der Waals surface area (Å²) >= 11 is 0. The fourth-order valence-corrected chi connectivity index (χ4v) is 6.15. The number of carbonyl (C=O) groups is 1. The molecule has 2 nitrogen and oxygen atoms in total. The van der Waals surface area contributed by atoms with Gasteiger partial charge in [0.15, 0.2) is 5.78 Å². The molecule has 0 saturated heterocycles. The standard InChI is InChI=1S/C20H26O2/c1-12-4-5-15-14-11-18(22)17-10-13(21)6-8-20(17,3)16(14)7-9-19(12,15)2/h6,8,10,14-16,18,22H,1,4-5,7,9,11H2,2-3H3/t14-,15-,16-,18?,19+,20+/m0/s1. The zero-order chi connectivity index (χ0) is 15.7. The van der Waals surface area contributed by atoms with E-state index >= 15 is 0 Å². The van der Waals surface area contributed by atoms with Crippen LogP contribution in [-0.4, -0.2) is 17.0 Å². The summed E-state index contributed by atoms with van der Waals surface area (Å²) in [5, 5.41) is 10.7. The Balaban J connectivity index is 1.76. The maximum Gasteiger partial charge on any atom is 0.178 e. The second-order valence-electron chi connectivity index (χ2n) is 8.34. The molecule has 2 heteroatoms. The number of carbonyl (C=O) groups excluding carboxylic acids is 1. The number of aliphatic hydroxyl groups is 1. The third kappa shape index (κ3) is 1.68. The van der Waals surface area contributed by atoms with E-state index in [0.29, 0.717) is 17.8 Å². The predicted octanol–water partition coefficient (Wildman–Crippen LogP) is 3.82. The topological polar surface area (TPSA) is 37.3 Å². The molecule has 4 aliphatic carbocycles. The van der Waals surface area contributed by atoms with Crippen LogP contribution in [0, 0.1) is 28.6 Å². The highest BCUT2D eigenvalue weighted by Gasteiger charge is 2.58. The van der Waals surface area contributed by atoms with Gasteiger partial charge in [0.05, 0.1) is 6.10 Å². The molecule has 3 saturated carbocycles. The quantitative estimate of drug-likeness (QED) is 0.690. The SMILES string of the molecule is C=C1CC[C@H]2[C@@H]3CC(O)C4=CC(=O)C=C[C@]4(C)[C@H]3CC[C@]12C. The van der Waals surface area contributed by atoms with Crippen LogP contribution in [0.1, 0.15) is 46.0 Å². The molecule has 22 heavy (non-hydrogen) atoms. The van der Waals surface area contributed by atoms with E-state index in [9.17, 15) is 9.90 Å². The smallest absolute Gasteiger partial charge is 0.178 e. The summed E-state index contributed by atoms with van der Waals surface area (Å²) in [7, 11) is 0. The normalized spacial score (nSPS) is 50.2. The van der Waals surface area contributed by atoms with Crippen molar-refractivity contribution in [3.8, 4) is 0 Å². The summed E-state index contributed by atoms with van der Waals surface area (Å²) in [6.45, 7) is 8.97. The number of hydrogen-bond donors (Lipinski definition) is 1. The maximum absolute atomic E-state index is 11.8. The van der Waals surface area contributed by atoms with Crippen LogP contribution >= 0.6 is 0 Å². The average Bonchev–Trinajstić information content (AvgIpc) is 2.77. The van der Waals surface area contributed by atoms with Gasteiger partial charge in [-0.3, -0.25) is 4.79 Å². The van der Waals surface area contributed by atoms with Crippen molar-refractivity contribution in [2.24, 2.45) is 28.6 Å². The Hall–Kier alpha value is -1.15. The van der Waals surface area contributed by atoms with Gasteiger partial charge in [0, 0.05) is 5.41 Å². The Morgan fingerprint density at radius 1 is 1.27 bits per heavy atom. The number of rotatable bonds is 0. The van der Waals surface area contributed by atoms with E-state index in [2.05, 4.69) is 26.5 Å². The van der Waals surface area contributed by atoms with Crippen LogP contribution in [-0.2, 0) is 4.79 Å². The molecule has 4 aliphatic rings. The van der Waals surface area contributed by atoms with Gasteiger partial charge in [-0.25, -0.2) is 0 Å². The third-order valence-corrected chi connectivity index (χ3v) is 7.53. The largest absolute Gasteiger partial charge is 0.389 e. The minimum absolute atomic E-state index is 0.0277. The summed E-state index contributed by atoms with van der Waals surface area (Å²) in [5.41, 5.74) is 2.52. The monoisotopic (exact) mass is 298 g/mol. The van der Waals surface area contributed by atoms with Crippen molar-refractivity contribution in [2.75, 3.05) is 0 Å². The first-order valence-corrected chi connectivity index (χ1v) is 8.68.